The van der Waals surface area contributed by atoms with E-state index in [1.54, 1.807) is 24.3 Å². The van der Waals surface area contributed by atoms with Crippen molar-refractivity contribution in [2.45, 2.75) is 24.7 Å². The Morgan fingerprint density at radius 1 is 1.79 bits per heavy atom. The Hall–Kier alpha value is -0.840. The SMILES string of the molecule is CCC(Br)C(=O)N(C)Cc1cn[nH]c1. The van der Waals surface area contributed by atoms with Crippen LogP contribution in [0.4, 0.5) is 0 Å². The highest BCUT2D eigenvalue weighted by Gasteiger charge is 2.17. The van der Waals surface area contributed by atoms with E-state index in [1.165, 1.54) is 0 Å². The molecule has 1 aromatic heterocycles. The van der Waals surface area contributed by atoms with E-state index in [9.17, 15) is 4.79 Å². The van der Waals surface area contributed by atoms with Crippen LogP contribution in [0.5, 0.6) is 0 Å². The maximum atomic E-state index is 11.6. The van der Waals surface area contributed by atoms with Crippen molar-refractivity contribution in [2.75, 3.05) is 7.05 Å². The number of rotatable bonds is 4. The van der Waals surface area contributed by atoms with E-state index in [1.807, 2.05) is 6.92 Å². The molecule has 4 nitrogen and oxygen atoms in total. The van der Waals surface area contributed by atoms with E-state index in [0.717, 1.165) is 12.0 Å². The lowest BCUT2D eigenvalue weighted by molar-refractivity contribution is -0.129. The van der Waals surface area contributed by atoms with Crippen LogP contribution in [0, 0.1) is 0 Å². The van der Waals surface area contributed by atoms with Gasteiger partial charge in [-0.25, -0.2) is 0 Å². The van der Waals surface area contributed by atoms with Crippen molar-refractivity contribution in [1.82, 2.24) is 15.1 Å². The molecule has 0 aliphatic heterocycles. The van der Waals surface area contributed by atoms with Crippen molar-refractivity contribution in [3.8, 4) is 0 Å². The highest BCUT2D eigenvalue weighted by Crippen LogP contribution is 2.10. The van der Waals surface area contributed by atoms with Gasteiger partial charge < -0.3 is 4.90 Å². The first kappa shape index (κ1) is 11.2. The summed E-state index contributed by atoms with van der Waals surface area (Å²) in [7, 11) is 1.79. The number of nitrogens with zero attached hydrogens (tertiary/aromatic N) is 2. The topological polar surface area (TPSA) is 49.0 Å². The van der Waals surface area contributed by atoms with Gasteiger partial charge in [-0.1, -0.05) is 22.9 Å². The van der Waals surface area contributed by atoms with Crippen molar-refractivity contribution in [3.63, 3.8) is 0 Å². The Morgan fingerprint density at radius 2 is 2.50 bits per heavy atom. The molecule has 1 amide bonds. The second-order valence-electron chi connectivity index (χ2n) is 3.18. The molecule has 0 saturated carbocycles. The minimum atomic E-state index is -0.0839. The summed E-state index contributed by atoms with van der Waals surface area (Å²) >= 11 is 3.33. The second-order valence-corrected chi connectivity index (χ2v) is 4.28. The largest absolute Gasteiger partial charge is 0.340 e. The van der Waals surface area contributed by atoms with Crippen LogP contribution in [-0.4, -0.2) is 32.9 Å². The van der Waals surface area contributed by atoms with Gasteiger partial charge in [0.25, 0.3) is 0 Å². The number of carbonyl (C=O) groups excluding carboxylic acids is 1. The summed E-state index contributed by atoms with van der Waals surface area (Å²) in [6.07, 6.45) is 4.31. The Labute approximate surface area is 91.8 Å². The first-order valence-corrected chi connectivity index (χ1v) is 5.43. The molecule has 0 fully saturated rings. The predicted octanol–water partition coefficient (Wildman–Crippen LogP) is 1.54. The number of aromatic amines is 1. The fourth-order valence-electron chi connectivity index (χ4n) is 1.13. The van der Waals surface area contributed by atoms with Crippen LogP contribution in [0.1, 0.15) is 18.9 Å². The standard InChI is InChI=1S/C9H14BrN3O/c1-3-8(10)9(14)13(2)6-7-4-11-12-5-7/h4-5,8H,3,6H2,1-2H3,(H,11,12). The molecule has 0 saturated heterocycles. The zero-order valence-corrected chi connectivity index (χ0v) is 9.91. The first-order valence-electron chi connectivity index (χ1n) is 4.51. The van der Waals surface area contributed by atoms with Gasteiger partial charge >= 0.3 is 0 Å². The highest BCUT2D eigenvalue weighted by molar-refractivity contribution is 9.10. The molecule has 0 bridgehead atoms. The zero-order valence-electron chi connectivity index (χ0n) is 8.33. The molecular formula is C9H14BrN3O. The van der Waals surface area contributed by atoms with Crippen molar-refractivity contribution < 1.29 is 4.79 Å². The number of halogens is 1. The molecule has 5 heteroatoms. The second kappa shape index (κ2) is 5.14. The van der Waals surface area contributed by atoms with Crippen LogP contribution in [0.2, 0.25) is 0 Å². The van der Waals surface area contributed by atoms with Crippen LogP contribution in [-0.2, 0) is 11.3 Å². The van der Waals surface area contributed by atoms with Crippen molar-refractivity contribution in [2.24, 2.45) is 0 Å². The van der Waals surface area contributed by atoms with E-state index in [4.69, 9.17) is 0 Å². The van der Waals surface area contributed by atoms with E-state index >= 15 is 0 Å². The summed E-state index contributed by atoms with van der Waals surface area (Å²) in [6.45, 7) is 2.57. The van der Waals surface area contributed by atoms with Crippen LogP contribution in [0.25, 0.3) is 0 Å². The lowest BCUT2D eigenvalue weighted by Gasteiger charge is -2.18. The fourth-order valence-corrected chi connectivity index (χ4v) is 1.48. The molecule has 0 spiro atoms. The van der Waals surface area contributed by atoms with E-state index in [0.29, 0.717) is 6.54 Å². The molecule has 0 aliphatic rings. The number of H-pyrrole nitrogens is 1. The maximum Gasteiger partial charge on any atom is 0.236 e. The van der Waals surface area contributed by atoms with E-state index in [-0.39, 0.29) is 10.7 Å². The summed E-state index contributed by atoms with van der Waals surface area (Å²) in [5.41, 5.74) is 1.01. The van der Waals surface area contributed by atoms with Gasteiger partial charge in [-0.2, -0.15) is 5.10 Å². The average molecular weight is 260 g/mol. The maximum absolute atomic E-state index is 11.6. The minimum absolute atomic E-state index is 0.0839. The molecule has 0 radical (unpaired) electrons. The monoisotopic (exact) mass is 259 g/mol. The molecule has 1 atom stereocenters. The molecular weight excluding hydrogens is 246 g/mol. The highest BCUT2D eigenvalue weighted by atomic mass is 79.9. The van der Waals surface area contributed by atoms with E-state index in [2.05, 4.69) is 26.1 Å². The molecule has 78 valence electrons. The van der Waals surface area contributed by atoms with Crippen LogP contribution < -0.4 is 0 Å². The van der Waals surface area contributed by atoms with Crippen LogP contribution in [0.3, 0.4) is 0 Å². The van der Waals surface area contributed by atoms with Gasteiger partial charge in [-0.05, 0) is 6.42 Å². The number of alkyl halides is 1. The summed E-state index contributed by atoms with van der Waals surface area (Å²) in [5, 5.41) is 6.54. The summed E-state index contributed by atoms with van der Waals surface area (Å²) in [5.74, 6) is 0.105. The van der Waals surface area contributed by atoms with Gasteiger partial charge in [0.05, 0.1) is 11.0 Å². The minimum Gasteiger partial charge on any atom is -0.340 e. The number of carbonyl (C=O) groups is 1. The molecule has 1 aromatic rings. The number of hydrogen-bond donors (Lipinski definition) is 1. The van der Waals surface area contributed by atoms with Crippen LogP contribution >= 0.6 is 15.9 Å². The third-order valence-electron chi connectivity index (χ3n) is 1.98. The van der Waals surface area contributed by atoms with E-state index < -0.39 is 0 Å². The van der Waals surface area contributed by atoms with Crippen molar-refractivity contribution >= 4 is 21.8 Å². The van der Waals surface area contributed by atoms with Crippen molar-refractivity contribution in [3.05, 3.63) is 18.0 Å². The molecule has 14 heavy (non-hydrogen) atoms. The summed E-state index contributed by atoms with van der Waals surface area (Å²) in [4.78, 5) is 13.3. The van der Waals surface area contributed by atoms with Gasteiger partial charge in [0, 0.05) is 25.4 Å². The summed E-state index contributed by atoms with van der Waals surface area (Å²) < 4.78 is 0. The third-order valence-corrected chi connectivity index (χ3v) is 3.02. The van der Waals surface area contributed by atoms with Gasteiger partial charge in [0.1, 0.15) is 0 Å². The predicted molar refractivity (Wildman–Crippen MR) is 58.1 cm³/mol. The lowest BCUT2D eigenvalue weighted by Crippen LogP contribution is -2.32. The Balaban J connectivity index is 2.50. The fraction of sp³-hybridized carbons (Fsp3) is 0.556. The number of aromatic nitrogens is 2. The molecule has 0 aromatic carbocycles. The quantitative estimate of drug-likeness (QED) is 0.835. The zero-order chi connectivity index (χ0) is 10.6. The number of nitrogens with one attached hydrogen (secondary N) is 1. The molecule has 1 heterocycles. The van der Waals surface area contributed by atoms with Crippen molar-refractivity contribution in [1.29, 1.82) is 0 Å². The van der Waals surface area contributed by atoms with Crippen LogP contribution in [0.15, 0.2) is 12.4 Å². The number of hydrogen-bond acceptors (Lipinski definition) is 2. The molecule has 1 rings (SSSR count). The third kappa shape index (κ3) is 2.83. The van der Waals surface area contributed by atoms with Gasteiger partial charge in [-0.3, -0.25) is 9.89 Å². The summed E-state index contributed by atoms with van der Waals surface area (Å²) in [6, 6.07) is 0. The number of amides is 1. The molecule has 1 unspecified atom stereocenters. The smallest absolute Gasteiger partial charge is 0.236 e. The Morgan fingerprint density at radius 3 is 3.00 bits per heavy atom. The molecule has 0 aliphatic carbocycles. The molecule has 1 N–H and O–H groups in total. The average Bonchev–Trinajstić information content (AvgIpc) is 2.68. The Bertz CT molecular complexity index is 286. The van der Waals surface area contributed by atoms with Gasteiger partial charge in [0.2, 0.25) is 5.91 Å². The van der Waals surface area contributed by atoms with Gasteiger partial charge in [-0.15, -0.1) is 0 Å². The normalized spacial score (nSPS) is 12.5. The van der Waals surface area contributed by atoms with Gasteiger partial charge in [0.15, 0.2) is 0 Å². The first-order chi connectivity index (χ1) is 6.65. The lowest BCUT2D eigenvalue weighted by atomic mass is 10.3. The Kier molecular flexibility index (Phi) is 4.13.